The van der Waals surface area contributed by atoms with E-state index in [9.17, 15) is 13.2 Å². The number of aromatic nitrogens is 1. The molecule has 2 aliphatic rings. The van der Waals surface area contributed by atoms with Crippen molar-refractivity contribution in [1.82, 2.24) is 9.88 Å². The highest BCUT2D eigenvalue weighted by molar-refractivity contribution is 6.12. The number of ether oxygens (including phenoxy) is 2. The Morgan fingerprint density at radius 1 is 1.00 bits per heavy atom. The second-order valence-electron chi connectivity index (χ2n) is 9.32. The van der Waals surface area contributed by atoms with Gasteiger partial charge in [-0.3, -0.25) is 4.90 Å². The van der Waals surface area contributed by atoms with Crippen LogP contribution in [0.25, 0.3) is 0 Å². The fraction of sp³-hybridized carbons (Fsp3) is 0.357. The number of likely N-dealkylation sites (tertiary alicyclic amines) is 1. The maximum Gasteiger partial charge on any atom is 0.213 e. The summed E-state index contributed by atoms with van der Waals surface area (Å²) in [6.07, 6.45) is 3.26. The number of piperidine rings is 1. The first-order chi connectivity index (χ1) is 18.0. The van der Waals surface area contributed by atoms with Crippen molar-refractivity contribution in [3.63, 3.8) is 0 Å². The Kier molecular flexibility index (Phi) is 7.55. The minimum Gasteiger partial charge on any atom is -0.393 e. The van der Waals surface area contributed by atoms with Crippen molar-refractivity contribution in [2.75, 3.05) is 33.4 Å². The molecular weight excluding hydrogens is 483 g/mol. The molecule has 0 N–H and O–H groups in total. The Labute approximate surface area is 213 Å². The van der Waals surface area contributed by atoms with E-state index in [4.69, 9.17) is 14.3 Å². The zero-order valence-corrected chi connectivity index (χ0v) is 20.6. The van der Waals surface area contributed by atoms with Gasteiger partial charge in [0.05, 0.1) is 18.8 Å². The van der Waals surface area contributed by atoms with Crippen molar-refractivity contribution < 1.29 is 27.5 Å². The van der Waals surface area contributed by atoms with E-state index < -0.39 is 17.6 Å². The van der Waals surface area contributed by atoms with Crippen LogP contribution in [0.15, 0.2) is 59.9 Å². The number of fused-ring (bicyclic) bond motifs is 2. The minimum absolute atomic E-state index is 0.234. The maximum absolute atomic E-state index is 13.9. The minimum atomic E-state index is -0.948. The Morgan fingerprint density at radius 3 is 2.49 bits per heavy atom. The van der Waals surface area contributed by atoms with Gasteiger partial charge in [-0.1, -0.05) is 29.4 Å². The van der Waals surface area contributed by atoms with Gasteiger partial charge in [0, 0.05) is 49.6 Å². The lowest BCUT2D eigenvalue weighted by Gasteiger charge is -2.39. The highest BCUT2D eigenvalue weighted by Crippen LogP contribution is 2.44. The Morgan fingerprint density at radius 2 is 1.76 bits per heavy atom. The lowest BCUT2D eigenvalue weighted by molar-refractivity contribution is -0.0800. The van der Waals surface area contributed by atoms with Crippen molar-refractivity contribution in [2.24, 2.45) is 5.16 Å². The number of benzene rings is 2. The number of hydrogen-bond donors (Lipinski definition) is 0. The predicted octanol–water partition coefficient (Wildman–Crippen LogP) is 4.94. The Hall–Kier alpha value is -3.27. The van der Waals surface area contributed by atoms with E-state index in [0.717, 1.165) is 66.9 Å². The van der Waals surface area contributed by atoms with Crippen molar-refractivity contribution in [2.45, 2.75) is 31.6 Å². The van der Waals surface area contributed by atoms with Gasteiger partial charge in [-0.05, 0) is 48.2 Å². The quantitative estimate of drug-likeness (QED) is 0.186. The van der Waals surface area contributed by atoms with Crippen LogP contribution in [0.5, 0.6) is 0 Å². The van der Waals surface area contributed by atoms with Crippen LogP contribution in [-0.2, 0) is 33.1 Å². The molecule has 6 nitrogen and oxygen atoms in total. The average Bonchev–Trinajstić information content (AvgIpc) is 3.25. The summed E-state index contributed by atoms with van der Waals surface area (Å²) in [6, 6.07) is 12.9. The van der Waals surface area contributed by atoms with Gasteiger partial charge >= 0.3 is 0 Å². The lowest BCUT2D eigenvalue weighted by atomic mass is 9.84. The van der Waals surface area contributed by atoms with Gasteiger partial charge in [-0.15, -0.1) is 0 Å². The topological polar surface area (TPSA) is 56.2 Å². The number of nitrogens with zero attached hydrogens (tertiary/aromatic N) is 3. The average molecular weight is 512 g/mol. The van der Waals surface area contributed by atoms with Gasteiger partial charge in [0.1, 0.15) is 12.3 Å². The number of methoxy groups -OCH3 is 1. The van der Waals surface area contributed by atoms with Crippen molar-refractivity contribution in [3.05, 3.63) is 100 Å². The summed E-state index contributed by atoms with van der Waals surface area (Å²) < 4.78 is 52.0. The molecule has 1 saturated heterocycles. The van der Waals surface area contributed by atoms with Gasteiger partial charge < -0.3 is 14.3 Å². The molecule has 0 aliphatic carbocycles. The molecule has 37 heavy (non-hydrogen) atoms. The van der Waals surface area contributed by atoms with E-state index in [-0.39, 0.29) is 12.2 Å². The van der Waals surface area contributed by atoms with Crippen LogP contribution in [0.4, 0.5) is 13.2 Å². The zero-order chi connectivity index (χ0) is 25.8. The molecule has 3 aromatic rings. The fourth-order valence-electron chi connectivity index (χ4n) is 4.95. The molecule has 0 radical (unpaired) electrons. The number of halogens is 3. The molecule has 0 atom stereocenters. The highest BCUT2D eigenvalue weighted by Gasteiger charge is 2.43. The Bertz CT molecular complexity index is 1280. The molecule has 1 aromatic heterocycles. The molecule has 3 heterocycles. The second-order valence-corrected chi connectivity index (χ2v) is 9.32. The SMILES string of the molecule is COCCON=C(c1ccc(CN2CCC3(CC2)OCc2cc(F)ncc23)cc1)c1ccc(F)c(F)c1. The first kappa shape index (κ1) is 25.4. The molecule has 0 amide bonds. The predicted molar refractivity (Wildman–Crippen MR) is 131 cm³/mol. The van der Waals surface area contributed by atoms with Gasteiger partial charge in [0.15, 0.2) is 11.6 Å². The van der Waals surface area contributed by atoms with Crippen LogP contribution in [0.2, 0.25) is 0 Å². The summed E-state index contributed by atoms with van der Waals surface area (Å²) in [5.41, 5.74) is 4.17. The highest BCUT2D eigenvalue weighted by atomic mass is 19.2. The van der Waals surface area contributed by atoms with Crippen LogP contribution in [0.1, 0.15) is 40.7 Å². The van der Waals surface area contributed by atoms with E-state index in [1.165, 1.54) is 12.1 Å². The number of pyridine rings is 1. The lowest BCUT2D eigenvalue weighted by Crippen LogP contribution is -2.42. The Balaban J connectivity index is 1.26. The summed E-state index contributed by atoms with van der Waals surface area (Å²) in [6.45, 7) is 3.45. The number of hydrogen-bond acceptors (Lipinski definition) is 6. The molecule has 1 spiro atoms. The van der Waals surface area contributed by atoms with Gasteiger partial charge in [-0.25, -0.2) is 13.8 Å². The van der Waals surface area contributed by atoms with Crippen molar-refractivity contribution >= 4 is 5.71 Å². The van der Waals surface area contributed by atoms with Crippen LogP contribution < -0.4 is 0 Å². The van der Waals surface area contributed by atoms with Gasteiger partial charge in [-0.2, -0.15) is 4.39 Å². The fourth-order valence-corrected chi connectivity index (χ4v) is 4.95. The largest absolute Gasteiger partial charge is 0.393 e. The summed E-state index contributed by atoms with van der Waals surface area (Å²) in [5, 5.41) is 4.18. The van der Waals surface area contributed by atoms with Gasteiger partial charge in [0.2, 0.25) is 5.95 Å². The molecule has 194 valence electrons. The smallest absolute Gasteiger partial charge is 0.213 e. The van der Waals surface area contributed by atoms with E-state index in [1.54, 1.807) is 13.3 Å². The van der Waals surface area contributed by atoms with Crippen LogP contribution >= 0.6 is 0 Å². The molecule has 9 heteroatoms. The van der Waals surface area contributed by atoms with Crippen LogP contribution in [0.3, 0.4) is 0 Å². The normalized spacial score (nSPS) is 17.2. The van der Waals surface area contributed by atoms with Crippen molar-refractivity contribution in [3.8, 4) is 0 Å². The summed E-state index contributed by atoms with van der Waals surface area (Å²) >= 11 is 0. The molecule has 1 fully saturated rings. The van der Waals surface area contributed by atoms with Crippen LogP contribution in [0, 0.1) is 17.6 Å². The molecular formula is C28H28F3N3O3. The maximum atomic E-state index is 13.9. The molecule has 5 rings (SSSR count). The second kappa shape index (κ2) is 11.0. The third-order valence-electron chi connectivity index (χ3n) is 6.98. The molecule has 2 aromatic carbocycles. The van der Waals surface area contributed by atoms with Gasteiger partial charge in [0.25, 0.3) is 0 Å². The summed E-state index contributed by atoms with van der Waals surface area (Å²) in [4.78, 5) is 11.5. The van der Waals surface area contributed by atoms with E-state index in [2.05, 4.69) is 15.0 Å². The zero-order valence-electron chi connectivity index (χ0n) is 20.6. The standard InChI is InChI=1S/C28H28F3N3O3/c1-35-12-13-37-33-27(21-6-7-24(29)25(30)14-21)20-4-2-19(3-5-20)17-34-10-8-28(9-11-34)23-16-32-26(31)15-22(23)18-36-28/h2-7,14-16H,8-13,17-18H2,1H3. The number of rotatable bonds is 8. The van der Waals surface area contributed by atoms with E-state index in [1.807, 2.05) is 24.3 Å². The number of oxime groups is 1. The molecule has 0 unspecified atom stereocenters. The first-order valence-corrected chi connectivity index (χ1v) is 12.2. The van der Waals surface area contributed by atoms with E-state index in [0.29, 0.717) is 24.5 Å². The third kappa shape index (κ3) is 5.53. The molecule has 2 aliphatic heterocycles. The van der Waals surface area contributed by atoms with Crippen LogP contribution in [-0.4, -0.2) is 49.0 Å². The van der Waals surface area contributed by atoms with E-state index >= 15 is 0 Å². The molecule has 0 saturated carbocycles. The van der Waals surface area contributed by atoms with Crippen molar-refractivity contribution in [1.29, 1.82) is 0 Å². The first-order valence-electron chi connectivity index (χ1n) is 12.2. The summed E-state index contributed by atoms with van der Waals surface area (Å²) in [7, 11) is 1.56. The monoisotopic (exact) mass is 511 g/mol. The molecule has 0 bridgehead atoms. The third-order valence-corrected chi connectivity index (χ3v) is 6.98. The summed E-state index contributed by atoms with van der Waals surface area (Å²) in [5.74, 6) is -2.34.